The van der Waals surface area contributed by atoms with Gasteiger partial charge >= 0.3 is 0 Å². The van der Waals surface area contributed by atoms with E-state index >= 15 is 0 Å². The van der Waals surface area contributed by atoms with Gasteiger partial charge in [-0.15, -0.1) is 0 Å². The number of hydrogen-bond donors (Lipinski definition) is 1. The molecule has 0 fully saturated rings. The minimum atomic E-state index is 0.459. The number of rotatable bonds is 5. The third-order valence-electron chi connectivity index (χ3n) is 2.18. The predicted molar refractivity (Wildman–Crippen MR) is 67.6 cm³/mol. The normalized spacial score (nSPS) is 12.5. The number of aromatic nitrogens is 2. The van der Waals surface area contributed by atoms with Gasteiger partial charge in [0.05, 0.1) is 0 Å². The maximum Gasteiger partial charge on any atom is 0.223 e. The van der Waals surface area contributed by atoms with Gasteiger partial charge in [0.25, 0.3) is 0 Å². The highest BCUT2D eigenvalue weighted by molar-refractivity contribution is 7.98. The van der Waals surface area contributed by atoms with Crippen molar-refractivity contribution in [2.45, 2.75) is 33.2 Å². The van der Waals surface area contributed by atoms with Gasteiger partial charge in [-0.3, -0.25) is 0 Å². The first-order valence-electron chi connectivity index (χ1n) is 5.23. The lowest BCUT2D eigenvalue weighted by Crippen LogP contribution is -2.22. The molecule has 0 saturated heterocycles. The number of aryl methyl sites for hydroxylation is 2. The van der Waals surface area contributed by atoms with Crippen molar-refractivity contribution >= 4 is 17.7 Å². The first kappa shape index (κ1) is 12.3. The molecular formula is C11H19N3S. The largest absolute Gasteiger partial charge is 0.351 e. The average molecular weight is 225 g/mol. The topological polar surface area (TPSA) is 37.8 Å². The van der Waals surface area contributed by atoms with Gasteiger partial charge in [-0.05, 0) is 32.6 Å². The van der Waals surface area contributed by atoms with Crippen LogP contribution >= 0.6 is 11.8 Å². The maximum absolute atomic E-state index is 4.37. The zero-order valence-corrected chi connectivity index (χ0v) is 10.7. The van der Waals surface area contributed by atoms with Crippen molar-refractivity contribution in [3.63, 3.8) is 0 Å². The van der Waals surface area contributed by atoms with Crippen molar-refractivity contribution in [1.29, 1.82) is 0 Å². The summed E-state index contributed by atoms with van der Waals surface area (Å²) in [5.41, 5.74) is 2.04. The molecule has 15 heavy (non-hydrogen) atoms. The van der Waals surface area contributed by atoms with E-state index in [2.05, 4.69) is 28.5 Å². The molecule has 0 radical (unpaired) electrons. The van der Waals surface area contributed by atoms with Gasteiger partial charge in [0.2, 0.25) is 5.95 Å². The summed E-state index contributed by atoms with van der Waals surface area (Å²) in [5, 5.41) is 3.37. The van der Waals surface area contributed by atoms with Crippen LogP contribution in [0, 0.1) is 13.8 Å². The highest BCUT2D eigenvalue weighted by Crippen LogP contribution is 2.09. The molecule has 4 heteroatoms. The quantitative estimate of drug-likeness (QED) is 0.836. The molecule has 0 saturated carbocycles. The number of hydrogen-bond acceptors (Lipinski definition) is 4. The molecule has 1 atom stereocenters. The highest BCUT2D eigenvalue weighted by atomic mass is 32.2. The second-order valence-corrected chi connectivity index (χ2v) is 4.59. The molecule has 0 aromatic carbocycles. The number of nitrogens with one attached hydrogen (secondary N) is 1. The van der Waals surface area contributed by atoms with Crippen LogP contribution in [0.15, 0.2) is 6.07 Å². The second-order valence-electron chi connectivity index (χ2n) is 3.68. The summed E-state index contributed by atoms with van der Waals surface area (Å²) in [7, 11) is 0. The van der Waals surface area contributed by atoms with Crippen molar-refractivity contribution in [1.82, 2.24) is 9.97 Å². The van der Waals surface area contributed by atoms with Crippen LogP contribution in [0.4, 0.5) is 5.95 Å². The van der Waals surface area contributed by atoms with Gasteiger partial charge in [-0.25, -0.2) is 9.97 Å². The molecule has 0 aliphatic rings. The number of nitrogens with zero attached hydrogens (tertiary/aromatic N) is 2. The Kier molecular flexibility index (Phi) is 4.88. The minimum Gasteiger partial charge on any atom is -0.351 e. The molecule has 1 aromatic rings. The Morgan fingerprint density at radius 2 is 1.93 bits per heavy atom. The van der Waals surface area contributed by atoms with E-state index in [0.29, 0.717) is 6.04 Å². The Morgan fingerprint density at radius 1 is 1.33 bits per heavy atom. The van der Waals surface area contributed by atoms with Crippen LogP contribution < -0.4 is 5.32 Å². The van der Waals surface area contributed by atoms with Gasteiger partial charge in [0.1, 0.15) is 0 Å². The minimum absolute atomic E-state index is 0.459. The van der Waals surface area contributed by atoms with Gasteiger partial charge in [0, 0.05) is 23.2 Å². The summed E-state index contributed by atoms with van der Waals surface area (Å²) < 4.78 is 0. The SMILES string of the molecule is CCC(CSC)Nc1nc(C)cc(C)n1. The Balaban J connectivity index is 2.69. The van der Waals surface area contributed by atoms with Crippen LogP contribution in [-0.4, -0.2) is 28.0 Å². The van der Waals surface area contributed by atoms with E-state index in [4.69, 9.17) is 0 Å². The van der Waals surface area contributed by atoms with Crippen LogP contribution in [0.5, 0.6) is 0 Å². The molecule has 0 spiro atoms. The molecule has 0 aliphatic carbocycles. The molecule has 1 N–H and O–H groups in total. The van der Waals surface area contributed by atoms with Crippen LogP contribution in [0.3, 0.4) is 0 Å². The van der Waals surface area contributed by atoms with E-state index in [-0.39, 0.29) is 0 Å². The molecule has 0 bridgehead atoms. The third-order valence-corrected chi connectivity index (χ3v) is 2.91. The Hall–Kier alpha value is -0.770. The Bertz CT molecular complexity index is 294. The summed E-state index contributed by atoms with van der Waals surface area (Å²) in [6.07, 6.45) is 3.21. The van der Waals surface area contributed by atoms with Crippen LogP contribution in [0.2, 0.25) is 0 Å². The lowest BCUT2D eigenvalue weighted by Gasteiger charge is -2.15. The Labute approximate surface area is 96.1 Å². The zero-order chi connectivity index (χ0) is 11.3. The summed E-state index contributed by atoms with van der Waals surface area (Å²) in [6, 6.07) is 2.45. The fourth-order valence-corrected chi connectivity index (χ4v) is 2.16. The zero-order valence-electron chi connectivity index (χ0n) is 9.87. The van der Waals surface area contributed by atoms with Gasteiger partial charge in [0.15, 0.2) is 0 Å². The molecule has 1 heterocycles. The van der Waals surface area contributed by atoms with E-state index in [1.807, 2.05) is 31.7 Å². The first-order chi connectivity index (χ1) is 7.15. The smallest absolute Gasteiger partial charge is 0.223 e. The summed E-state index contributed by atoms with van der Waals surface area (Å²) in [6.45, 7) is 6.17. The van der Waals surface area contributed by atoms with Crippen LogP contribution in [0.25, 0.3) is 0 Å². The molecule has 84 valence electrons. The van der Waals surface area contributed by atoms with Crippen molar-refractivity contribution in [2.75, 3.05) is 17.3 Å². The molecular weight excluding hydrogens is 206 g/mol. The molecule has 0 amide bonds. The van der Waals surface area contributed by atoms with Crippen LogP contribution in [-0.2, 0) is 0 Å². The molecule has 1 rings (SSSR count). The van der Waals surface area contributed by atoms with Gasteiger partial charge in [-0.1, -0.05) is 6.92 Å². The fraction of sp³-hybridized carbons (Fsp3) is 0.636. The van der Waals surface area contributed by atoms with E-state index in [1.54, 1.807) is 0 Å². The lowest BCUT2D eigenvalue weighted by atomic mass is 10.2. The summed E-state index contributed by atoms with van der Waals surface area (Å²) in [5.74, 6) is 1.85. The average Bonchev–Trinajstić information content (AvgIpc) is 2.15. The molecule has 0 aliphatic heterocycles. The molecule has 3 nitrogen and oxygen atoms in total. The second kappa shape index (κ2) is 5.95. The van der Waals surface area contributed by atoms with Crippen molar-refractivity contribution < 1.29 is 0 Å². The van der Waals surface area contributed by atoms with E-state index in [9.17, 15) is 0 Å². The summed E-state index contributed by atoms with van der Waals surface area (Å²) >= 11 is 1.84. The van der Waals surface area contributed by atoms with Gasteiger partial charge in [-0.2, -0.15) is 11.8 Å². The monoisotopic (exact) mass is 225 g/mol. The molecule has 1 aromatic heterocycles. The van der Waals surface area contributed by atoms with Crippen LogP contribution in [0.1, 0.15) is 24.7 Å². The molecule has 1 unspecified atom stereocenters. The Morgan fingerprint density at radius 3 is 2.40 bits per heavy atom. The highest BCUT2D eigenvalue weighted by Gasteiger charge is 2.07. The number of anilines is 1. The summed E-state index contributed by atoms with van der Waals surface area (Å²) in [4.78, 5) is 8.75. The predicted octanol–water partition coefficient (Wildman–Crippen LogP) is 2.65. The first-order valence-corrected chi connectivity index (χ1v) is 6.62. The van der Waals surface area contributed by atoms with E-state index in [1.165, 1.54) is 0 Å². The lowest BCUT2D eigenvalue weighted by molar-refractivity contribution is 0.760. The van der Waals surface area contributed by atoms with Crippen molar-refractivity contribution in [3.8, 4) is 0 Å². The fourth-order valence-electron chi connectivity index (χ4n) is 1.44. The third kappa shape index (κ3) is 4.08. The van der Waals surface area contributed by atoms with Crippen molar-refractivity contribution in [3.05, 3.63) is 17.5 Å². The van der Waals surface area contributed by atoms with Gasteiger partial charge < -0.3 is 5.32 Å². The number of thioether (sulfide) groups is 1. The van der Waals surface area contributed by atoms with E-state index in [0.717, 1.165) is 29.5 Å². The van der Waals surface area contributed by atoms with Crippen molar-refractivity contribution in [2.24, 2.45) is 0 Å². The maximum atomic E-state index is 4.37. The standard InChI is InChI=1S/C11H19N3S/c1-5-10(7-15-4)14-11-12-8(2)6-9(3)13-11/h6,10H,5,7H2,1-4H3,(H,12,13,14). The van der Waals surface area contributed by atoms with E-state index < -0.39 is 0 Å².